The molecule has 0 aliphatic heterocycles. The fourth-order valence-corrected chi connectivity index (χ4v) is 4.34. The van der Waals surface area contributed by atoms with Crippen LogP contribution in [0.4, 0.5) is 0 Å². The fourth-order valence-electron chi connectivity index (χ4n) is 3.03. The van der Waals surface area contributed by atoms with Gasteiger partial charge in [0, 0.05) is 10.9 Å². The molecule has 1 heterocycles. The third-order valence-corrected chi connectivity index (χ3v) is 5.40. The highest BCUT2D eigenvalue weighted by Gasteiger charge is 2.26. The van der Waals surface area contributed by atoms with Gasteiger partial charge < -0.3 is 5.32 Å². The molecule has 2 nitrogen and oxygen atoms in total. The molecule has 0 fully saturated rings. The van der Waals surface area contributed by atoms with E-state index in [1.807, 2.05) is 11.3 Å². The zero-order valence-electron chi connectivity index (χ0n) is 12.8. The molecule has 1 unspecified atom stereocenters. The summed E-state index contributed by atoms with van der Waals surface area (Å²) in [7, 11) is 0. The van der Waals surface area contributed by atoms with E-state index in [9.17, 15) is 0 Å². The van der Waals surface area contributed by atoms with Gasteiger partial charge in [0.15, 0.2) is 0 Å². The van der Waals surface area contributed by atoms with Gasteiger partial charge in [-0.15, -0.1) is 11.3 Å². The Labute approximate surface area is 122 Å². The number of aryl methyl sites for hydroxylation is 2. The number of nitrogens with zero attached hydrogens (tertiary/aromatic N) is 1. The highest BCUT2D eigenvalue weighted by Crippen LogP contribution is 2.35. The summed E-state index contributed by atoms with van der Waals surface area (Å²) in [5.74, 6) is 0.704. The summed E-state index contributed by atoms with van der Waals surface area (Å²) in [6.07, 6.45) is 7.58. The van der Waals surface area contributed by atoms with E-state index >= 15 is 0 Å². The van der Waals surface area contributed by atoms with Gasteiger partial charge in [0.1, 0.15) is 5.01 Å². The SMILES string of the molecule is CCC(CC)C(NC(C)C)c1nc2c(s1)CCCC2. The van der Waals surface area contributed by atoms with Gasteiger partial charge in [0.05, 0.1) is 11.7 Å². The Bertz CT molecular complexity index is 370. The van der Waals surface area contributed by atoms with Gasteiger partial charge >= 0.3 is 0 Å². The van der Waals surface area contributed by atoms with Crippen LogP contribution in [0.25, 0.3) is 0 Å². The predicted octanol–water partition coefficient (Wildman–Crippen LogP) is 4.50. The summed E-state index contributed by atoms with van der Waals surface area (Å²) in [5, 5.41) is 5.10. The van der Waals surface area contributed by atoms with Crippen molar-refractivity contribution < 1.29 is 0 Å². The summed E-state index contributed by atoms with van der Waals surface area (Å²) in [4.78, 5) is 6.54. The second-order valence-corrected chi connectivity index (χ2v) is 7.12. The van der Waals surface area contributed by atoms with Crippen molar-refractivity contribution >= 4 is 11.3 Å². The first-order valence-corrected chi connectivity index (χ1v) is 8.71. The maximum Gasteiger partial charge on any atom is 0.110 e. The third-order valence-electron chi connectivity index (χ3n) is 4.16. The minimum atomic E-state index is 0.450. The Morgan fingerprint density at radius 1 is 1.16 bits per heavy atom. The van der Waals surface area contributed by atoms with Crippen molar-refractivity contribution in [2.75, 3.05) is 0 Å². The molecular weight excluding hydrogens is 252 g/mol. The van der Waals surface area contributed by atoms with Crippen LogP contribution in [0.15, 0.2) is 0 Å². The molecule has 1 atom stereocenters. The van der Waals surface area contributed by atoms with Crippen molar-refractivity contribution in [3.05, 3.63) is 15.6 Å². The van der Waals surface area contributed by atoms with Gasteiger partial charge in [0.2, 0.25) is 0 Å². The minimum Gasteiger partial charge on any atom is -0.305 e. The maximum absolute atomic E-state index is 4.98. The summed E-state index contributed by atoms with van der Waals surface area (Å²) < 4.78 is 0. The van der Waals surface area contributed by atoms with E-state index in [-0.39, 0.29) is 0 Å². The van der Waals surface area contributed by atoms with Gasteiger partial charge in [-0.2, -0.15) is 0 Å². The van der Waals surface area contributed by atoms with Crippen molar-refractivity contribution in [3.63, 3.8) is 0 Å². The van der Waals surface area contributed by atoms with Crippen LogP contribution < -0.4 is 5.32 Å². The molecular formula is C16H28N2S. The van der Waals surface area contributed by atoms with Gasteiger partial charge in [-0.3, -0.25) is 0 Å². The second-order valence-electron chi connectivity index (χ2n) is 6.00. The molecule has 1 N–H and O–H groups in total. The maximum atomic E-state index is 4.98. The van der Waals surface area contributed by atoms with Crippen LogP contribution in [0.1, 0.15) is 75.0 Å². The highest BCUT2D eigenvalue weighted by molar-refractivity contribution is 7.11. The number of rotatable bonds is 6. The van der Waals surface area contributed by atoms with Crippen molar-refractivity contribution in [1.29, 1.82) is 0 Å². The number of aromatic nitrogens is 1. The fraction of sp³-hybridized carbons (Fsp3) is 0.812. The van der Waals surface area contributed by atoms with E-state index in [2.05, 4.69) is 33.0 Å². The van der Waals surface area contributed by atoms with E-state index < -0.39 is 0 Å². The van der Waals surface area contributed by atoms with E-state index in [0.717, 1.165) is 0 Å². The molecule has 2 rings (SSSR count). The zero-order chi connectivity index (χ0) is 13.8. The monoisotopic (exact) mass is 280 g/mol. The predicted molar refractivity (Wildman–Crippen MR) is 83.8 cm³/mol. The molecule has 0 bridgehead atoms. The average Bonchev–Trinajstić information content (AvgIpc) is 2.82. The molecule has 1 aliphatic rings. The van der Waals surface area contributed by atoms with Crippen molar-refractivity contribution in [1.82, 2.24) is 10.3 Å². The lowest BCUT2D eigenvalue weighted by Crippen LogP contribution is -2.33. The van der Waals surface area contributed by atoms with Crippen LogP contribution in [-0.2, 0) is 12.8 Å². The standard InChI is InChI=1S/C16H28N2S/c1-5-12(6-2)15(17-11(3)4)16-18-13-9-7-8-10-14(13)19-16/h11-12,15,17H,5-10H2,1-4H3. The smallest absolute Gasteiger partial charge is 0.110 e. The Morgan fingerprint density at radius 2 is 1.84 bits per heavy atom. The molecule has 0 radical (unpaired) electrons. The number of thiazole rings is 1. The van der Waals surface area contributed by atoms with Crippen LogP contribution in [0.2, 0.25) is 0 Å². The van der Waals surface area contributed by atoms with Crippen LogP contribution in [-0.4, -0.2) is 11.0 Å². The van der Waals surface area contributed by atoms with Gasteiger partial charge in [-0.1, -0.05) is 40.5 Å². The molecule has 3 heteroatoms. The Balaban J connectivity index is 2.23. The van der Waals surface area contributed by atoms with E-state index in [0.29, 0.717) is 18.0 Å². The Kier molecular flexibility index (Phi) is 5.40. The summed E-state index contributed by atoms with van der Waals surface area (Å²) in [5.41, 5.74) is 1.40. The summed E-state index contributed by atoms with van der Waals surface area (Å²) >= 11 is 1.97. The van der Waals surface area contributed by atoms with Gasteiger partial charge in [0.25, 0.3) is 0 Å². The highest BCUT2D eigenvalue weighted by atomic mass is 32.1. The molecule has 19 heavy (non-hydrogen) atoms. The van der Waals surface area contributed by atoms with Crippen LogP contribution in [0, 0.1) is 5.92 Å². The zero-order valence-corrected chi connectivity index (χ0v) is 13.6. The molecule has 0 saturated carbocycles. The molecule has 108 valence electrons. The molecule has 0 amide bonds. The van der Waals surface area contributed by atoms with Gasteiger partial charge in [-0.05, 0) is 31.6 Å². The number of hydrogen-bond acceptors (Lipinski definition) is 3. The third kappa shape index (κ3) is 3.57. The average molecular weight is 280 g/mol. The van der Waals surface area contributed by atoms with Crippen LogP contribution in [0.3, 0.4) is 0 Å². The first-order chi connectivity index (χ1) is 9.15. The topological polar surface area (TPSA) is 24.9 Å². The lowest BCUT2D eigenvalue weighted by molar-refractivity contribution is 0.320. The van der Waals surface area contributed by atoms with E-state index in [1.54, 1.807) is 4.88 Å². The normalized spacial score (nSPS) is 16.9. The molecule has 1 aromatic rings. The molecule has 0 saturated heterocycles. The lowest BCUT2D eigenvalue weighted by atomic mass is 9.94. The molecule has 0 spiro atoms. The Morgan fingerprint density at radius 3 is 2.42 bits per heavy atom. The van der Waals surface area contributed by atoms with Crippen molar-refractivity contribution in [3.8, 4) is 0 Å². The minimum absolute atomic E-state index is 0.450. The second kappa shape index (κ2) is 6.85. The Hall–Kier alpha value is -0.410. The lowest BCUT2D eigenvalue weighted by Gasteiger charge is -2.26. The largest absolute Gasteiger partial charge is 0.305 e. The number of hydrogen-bond donors (Lipinski definition) is 1. The van der Waals surface area contributed by atoms with Crippen LogP contribution in [0.5, 0.6) is 0 Å². The molecule has 1 aliphatic carbocycles. The van der Waals surface area contributed by atoms with Crippen molar-refractivity contribution in [2.45, 2.75) is 78.3 Å². The van der Waals surface area contributed by atoms with Gasteiger partial charge in [-0.25, -0.2) is 4.98 Å². The molecule has 1 aromatic heterocycles. The van der Waals surface area contributed by atoms with Crippen molar-refractivity contribution in [2.24, 2.45) is 5.92 Å². The van der Waals surface area contributed by atoms with E-state index in [1.165, 1.54) is 49.2 Å². The van der Waals surface area contributed by atoms with Crippen LogP contribution >= 0.6 is 11.3 Å². The number of nitrogens with one attached hydrogen (secondary N) is 1. The summed E-state index contributed by atoms with van der Waals surface area (Å²) in [6.45, 7) is 9.08. The molecule has 0 aromatic carbocycles. The quantitative estimate of drug-likeness (QED) is 0.830. The first kappa shape index (κ1) is 15.0. The summed E-state index contributed by atoms with van der Waals surface area (Å²) in [6, 6.07) is 0.970. The first-order valence-electron chi connectivity index (χ1n) is 7.90. The number of fused-ring (bicyclic) bond motifs is 1. The van der Waals surface area contributed by atoms with E-state index in [4.69, 9.17) is 4.98 Å².